The number of hydrogen-bond donors (Lipinski definition) is 1. The number of rotatable bonds is 6. The number of hydrogen-bond acceptors (Lipinski definition) is 3. The Morgan fingerprint density at radius 2 is 1.96 bits per heavy atom. The first kappa shape index (κ1) is 20.7. The molecular weight excluding hydrogens is 421 g/mol. The molecule has 3 aromatic rings. The van der Waals surface area contributed by atoms with Crippen LogP contribution in [0.3, 0.4) is 0 Å². The van der Waals surface area contributed by atoms with Gasteiger partial charge in [-0.15, -0.1) is 0 Å². The Labute approximate surface area is 178 Å². The molecule has 0 saturated carbocycles. The van der Waals surface area contributed by atoms with Crippen LogP contribution in [0.25, 0.3) is 0 Å². The number of halogens is 3. The molecule has 1 aromatic carbocycles. The molecule has 148 valence electrons. The summed E-state index contributed by atoms with van der Waals surface area (Å²) < 4.78 is 3.38. The van der Waals surface area contributed by atoms with E-state index in [1.54, 1.807) is 23.0 Å². The fourth-order valence-electron chi connectivity index (χ4n) is 3.03. The zero-order valence-corrected chi connectivity index (χ0v) is 18.0. The highest BCUT2D eigenvalue weighted by Gasteiger charge is 2.22. The summed E-state index contributed by atoms with van der Waals surface area (Å²) in [6.07, 6.45) is 3.74. The lowest BCUT2D eigenvalue weighted by atomic mass is 10.2. The Balaban J connectivity index is 1.82. The van der Waals surface area contributed by atoms with E-state index in [9.17, 15) is 4.79 Å². The smallest absolute Gasteiger partial charge is 0.249 e. The first-order valence-electron chi connectivity index (χ1n) is 8.78. The van der Waals surface area contributed by atoms with Crippen LogP contribution in [0.5, 0.6) is 0 Å². The van der Waals surface area contributed by atoms with Gasteiger partial charge in [-0.3, -0.25) is 14.2 Å². The summed E-state index contributed by atoms with van der Waals surface area (Å²) >= 11 is 18.2. The van der Waals surface area contributed by atoms with E-state index in [1.165, 1.54) is 6.20 Å². The van der Waals surface area contributed by atoms with Crippen LogP contribution >= 0.6 is 34.8 Å². The van der Waals surface area contributed by atoms with Gasteiger partial charge in [0.05, 0.1) is 34.8 Å². The SMILES string of the molecule is CCC(C(=O)Nc1c(C)nn(Cc2ccc(Cl)cc2Cl)c1C)n1cc(Cl)cn1. The molecule has 6 nitrogen and oxygen atoms in total. The maximum atomic E-state index is 12.8. The molecule has 0 spiro atoms. The molecule has 0 bridgehead atoms. The van der Waals surface area contributed by atoms with Gasteiger partial charge in [0.1, 0.15) is 6.04 Å². The summed E-state index contributed by atoms with van der Waals surface area (Å²) in [7, 11) is 0. The first-order valence-corrected chi connectivity index (χ1v) is 9.92. The number of amides is 1. The normalized spacial score (nSPS) is 12.2. The quantitative estimate of drug-likeness (QED) is 0.566. The van der Waals surface area contributed by atoms with Crippen molar-refractivity contribution < 1.29 is 4.79 Å². The van der Waals surface area contributed by atoms with Crippen molar-refractivity contribution in [2.75, 3.05) is 5.32 Å². The number of nitrogens with zero attached hydrogens (tertiary/aromatic N) is 4. The molecule has 0 fully saturated rings. The lowest BCUT2D eigenvalue weighted by Gasteiger charge is -2.16. The second-order valence-corrected chi connectivity index (χ2v) is 7.77. The third kappa shape index (κ3) is 4.35. The molecule has 9 heteroatoms. The third-order valence-corrected chi connectivity index (χ3v) is 5.33. The van der Waals surface area contributed by atoms with E-state index in [2.05, 4.69) is 15.5 Å². The highest BCUT2D eigenvalue weighted by atomic mass is 35.5. The minimum absolute atomic E-state index is 0.169. The number of carbonyl (C=O) groups is 1. The Kier molecular flexibility index (Phi) is 6.33. The molecular formula is C19H20Cl3N5O. The minimum atomic E-state index is -0.458. The maximum Gasteiger partial charge on any atom is 0.249 e. The predicted molar refractivity (Wildman–Crippen MR) is 112 cm³/mol. The third-order valence-electron chi connectivity index (χ3n) is 4.54. The lowest BCUT2D eigenvalue weighted by molar-refractivity contribution is -0.119. The van der Waals surface area contributed by atoms with Crippen LogP contribution in [-0.2, 0) is 11.3 Å². The molecule has 28 heavy (non-hydrogen) atoms. The van der Waals surface area contributed by atoms with Gasteiger partial charge >= 0.3 is 0 Å². The summed E-state index contributed by atoms with van der Waals surface area (Å²) in [4.78, 5) is 12.8. The Morgan fingerprint density at radius 1 is 1.21 bits per heavy atom. The molecule has 1 atom stereocenters. The zero-order chi connectivity index (χ0) is 20.4. The lowest BCUT2D eigenvalue weighted by Crippen LogP contribution is -2.26. The number of benzene rings is 1. The molecule has 2 heterocycles. The number of carbonyl (C=O) groups excluding carboxylic acids is 1. The fourth-order valence-corrected chi connectivity index (χ4v) is 3.64. The van der Waals surface area contributed by atoms with E-state index in [-0.39, 0.29) is 5.91 Å². The van der Waals surface area contributed by atoms with E-state index >= 15 is 0 Å². The number of anilines is 1. The van der Waals surface area contributed by atoms with Crippen LogP contribution in [0.4, 0.5) is 5.69 Å². The zero-order valence-electron chi connectivity index (χ0n) is 15.7. The maximum absolute atomic E-state index is 12.8. The van der Waals surface area contributed by atoms with Crippen LogP contribution in [0, 0.1) is 13.8 Å². The summed E-state index contributed by atoms with van der Waals surface area (Å²) in [5.74, 6) is -0.169. The Bertz CT molecular complexity index is 1010. The van der Waals surface area contributed by atoms with Crippen LogP contribution in [0.15, 0.2) is 30.6 Å². The van der Waals surface area contributed by atoms with E-state index in [0.717, 1.165) is 17.0 Å². The molecule has 2 aromatic heterocycles. The van der Waals surface area contributed by atoms with E-state index < -0.39 is 6.04 Å². The predicted octanol–water partition coefficient (Wildman–Crippen LogP) is 5.29. The van der Waals surface area contributed by atoms with Crippen LogP contribution < -0.4 is 5.32 Å². The summed E-state index contributed by atoms with van der Waals surface area (Å²) in [6, 6.07) is 4.90. The van der Waals surface area contributed by atoms with Crippen molar-refractivity contribution in [1.29, 1.82) is 0 Å². The van der Waals surface area contributed by atoms with Crippen molar-refractivity contribution in [3.63, 3.8) is 0 Å². The van der Waals surface area contributed by atoms with Gasteiger partial charge in [0.15, 0.2) is 0 Å². The van der Waals surface area contributed by atoms with Crippen molar-refractivity contribution in [1.82, 2.24) is 19.6 Å². The second-order valence-electron chi connectivity index (χ2n) is 6.49. The molecule has 0 aliphatic heterocycles. The molecule has 0 saturated heterocycles. The summed E-state index contributed by atoms with van der Waals surface area (Å²) in [5.41, 5.74) is 3.15. The molecule has 1 N–H and O–H groups in total. The monoisotopic (exact) mass is 439 g/mol. The van der Waals surface area contributed by atoms with Gasteiger partial charge in [-0.05, 0) is 38.0 Å². The van der Waals surface area contributed by atoms with Gasteiger partial charge in [0.2, 0.25) is 5.91 Å². The largest absolute Gasteiger partial charge is 0.321 e. The molecule has 3 rings (SSSR count). The summed E-state index contributed by atoms with van der Waals surface area (Å²) in [5, 5.41) is 13.3. The average molecular weight is 441 g/mol. The standard InChI is InChI=1S/C19H20Cl3N5O/c1-4-17(27-10-15(21)8-23-27)19(28)24-18-11(2)25-26(12(18)3)9-13-5-6-14(20)7-16(13)22/h5-8,10,17H,4,9H2,1-3H3,(H,24,28). The molecule has 0 aliphatic rings. The molecule has 0 aliphatic carbocycles. The highest BCUT2D eigenvalue weighted by molar-refractivity contribution is 6.35. The van der Waals surface area contributed by atoms with Crippen LogP contribution in [0.2, 0.25) is 15.1 Å². The van der Waals surface area contributed by atoms with Gasteiger partial charge in [0, 0.05) is 16.2 Å². The van der Waals surface area contributed by atoms with Crippen molar-refractivity contribution in [2.24, 2.45) is 0 Å². The van der Waals surface area contributed by atoms with E-state index in [4.69, 9.17) is 34.8 Å². The van der Waals surface area contributed by atoms with Gasteiger partial charge in [0.25, 0.3) is 0 Å². The van der Waals surface area contributed by atoms with E-state index in [1.807, 2.05) is 31.5 Å². The van der Waals surface area contributed by atoms with Crippen molar-refractivity contribution in [3.8, 4) is 0 Å². The van der Waals surface area contributed by atoms with Crippen molar-refractivity contribution in [2.45, 2.75) is 39.8 Å². The van der Waals surface area contributed by atoms with Gasteiger partial charge in [-0.25, -0.2) is 0 Å². The van der Waals surface area contributed by atoms with Gasteiger partial charge < -0.3 is 5.32 Å². The first-order chi connectivity index (χ1) is 13.3. The van der Waals surface area contributed by atoms with Crippen LogP contribution in [-0.4, -0.2) is 25.5 Å². The van der Waals surface area contributed by atoms with Gasteiger partial charge in [-0.1, -0.05) is 47.8 Å². The van der Waals surface area contributed by atoms with Gasteiger partial charge in [-0.2, -0.15) is 10.2 Å². The average Bonchev–Trinajstić information content (AvgIpc) is 3.17. The molecule has 1 unspecified atom stereocenters. The van der Waals surface area contributed by atoms with Crippen molar-refractivity contribution in [3.05, 3.63) is 62.6 Å². The Morgan fingerprint density at radius 3 is 2.57 bits per heavy atom. The highest BCUT2D eigenvalue weighted by Crippen LogP contribution is 2.26. The molecule has 1 amide bonds. The number of nitrogens with one attached hydrogen (secondary N) is 1. The van der Waals surface area contributed by atoms with Crippen LogP contribution in [0.1, 0.15) is 36.3 Å². The molecule has 0 radical (unpaired) electrons. The topological polar surface area (TPSA) is 64.7 Å². The summed E-state index contributed by atoms with van der Waals surface area (Å²) in [6.45, 7) is 6.16. The van der Waals surface area contributed by atoms with Crippen molar-refractivity contribution >= 4 is 46.4 Å². The Hall–Kier alpha value is -2.02. The number of aromatic nitrogens is 4. The van der Waals surface area contributed by atoms with E-state index in [0.29, 0.717) is 33.7 Å². The number of aryl methyl sites for hydroxylation is 1. The fraction of sp³-hybridized carbons (Fsp3) is 0.316. The second kappa shape index (κ2) is 8.55. The minimum Gasteiger partial charge on any atom is -0.321 e.